The summed E-state index contributed by atoms with van der Waals surface area (Å²) < 4.78 is 0. The first kappa shape index (κ1) is 11.6. The van der Waals surface area contributed by atoms with Crippen LogP contribution in [0.5, 0.6) is 0 Å². The molecule has 0 fully saturated rings. The van der Waals surface area contributed by atoms with Gasteiger partial charge in [0.05, 0.1) is 5.35 Å². The molecule has 0 bridgehead atoms. The van der Waals surface area contributed by atoms with Crippen molar-refractivity contribution in [3.05, 3.63) is 41.0 Å². The van der Waals surface area contributed by atoms with Crippen molar-refractivity contribution in [1.82, 2.24) is 4.98 Å². The largest absolute Gasteiger partial charge is 0.257 e. The molecule has 1 aromatic heterocycles. The number of hydrogen-bond acceptors (Lipinski definition) is 1. The van der Waals surface area contributed by atoms with Gasteiger partial charge in [-0.25, -0.2) is 0 Å². The van der Waals surface area contributed by atoms with E-state index in [-0.39, 0.29) is 0 Å². The highest BCUT2D eigenvalue weighted by molar-refractivity contribution is 5.42. The minimum absolute atomic E-state index is 0.801. The highest BCUT2D eigenvalue weighted by atomic mass is 14.6. The van der Waals surface area contributed by atoms with Crippen LogP contribution >= 0.6 is 0 Å². The van der Waals surface area contributed by atoms with Crippen molar-refractivity contribution in [3.8, 4) is 0 Å². The Bertz CT molecular complexity index is 363. The fourth-order valence-electron chi connectivity index (χ4n) is 0.847. The number of pyridine rings is 1. The predicted molar refractivity (Wildman–Crippen MR) is 59.6 cm³/mol. The maximum atomic E-state index is 4.05. The topological polar surface area (TPSA) is 12.9 Å². The van der Waals surface area contributed by atoms with Crippen LogP contribution in [0.3, 0.4) is 0 Å². The summed E-state index contributed by atoms with van der Waals surface area (Å²) in [5.74, 6) is 0. The Morgan fingerprint density at radius 1 is 1.46 bits per heavy atom. The molecule has 13 heavy (non-hydrogen) atoms. The van der Waals surface area contributed by atoms with Gasteiger partial charge >= 0.3 is 0 Å². The van der Waals surface area contributed by atoms with E-state index in [1.807, 2.05) is 39.0 Å². The maximum absolute atomic E-state index is 4.05. The number of allylic oxidation sites excluding steroid dienone is 1. The molecule has 1 heteroatoms. The smallest absolute Gasteiger partial charge is 0.0630 e. The van der Waals surface area contributed by atoms with E-state index in [0.29, 0.717) is 0 Å². The predicted octanol–water partition coefficient (Wildman–Crippen LogP) is 1.87. The van der Waals surface area contributed by atoms with Gasteiger partial charge in [0.15, 0.2) is 0 Å². The third-order valence-corrected chi connectivity index (χ3v) is 1.33. The second kappa shape index (κ2) is 6.18. The highest BCUT2D eigenvalue weighted by Crippen LogP contribution is 1.84. The molecule has 1 aromatic rings. The number of hydrogen-bond donors (Lipinski definition) is 0. The van der Waals surface area contributed by atoms with Gasteiger partial charge in [0.25, 0.3) is 0 Å². The van der Waals surface area contributed by atoms with E-state index in [1.54, 1.807) is 6.20 Å². The van der Waals surface area contributed by atoms with Gasteiger partial charge in [-0.05, 0) is 18.2 Å². The normalized spacial score (nSPS) is 10.2. The molecular formula is C12H17N. The van der Waals surface area contributed by atoms with E-state index in [2.05, 4.69) is 18.1 Å². The van der Waals surface area contributed by atoms with Crippen LogP contribution in [0.2, 0.25) is 0 Å². The summed E-state index contributed by atoms with van der Waals surface area (Å²) in [7, 11) is 0. The number of rotatable bonds is 1. The summed E-state index contributed by atoms with van der Waals surface area (Å²) in [5.41, 5.74) is 1.02. The Morgan fingerprint density at radius 2 is 2.08 bits per heavy atom. The summed E-state index contributed by atoms with van der Waals surface area (Å²) in [5, 5.41) is 1.84. The number of nitrogens with zero attached hydrogens (tertiary/aromatic N) is 1. The van der Waals surface area contributed by atoms with E-state index in [9.17, 15) is 0 Å². The zero-order valence-electron chi connectivity index (χ0n) is 8.67. The minimum atomic E-state index is 0.801. The van der Waals surface area contributed by atoms with Gasteiger partial charge in [0, 0.05) is 6.20 Å². The van der Waals surface area contributed by atoms with Gasteiger partial charge in [-0.1, -0.05) is 44.7 Å². The van der Waals surface area contributed by atoms with E-state index < -0.39 is 0 Å². The lowest BCUT2D eigenvalue weighted by Crippen LogP contribution is -2.25. The first-order valence-electron chi connectivity index (χ1n) is 4.47. The summed E-state index contributed by atoms with van der Waals surface area (Å²) in [4.78, 5) is 4.05. The van der Waals surface area contributed by atoms with Crippen molar-refractivity contribution in [1.29, 1.82) is 0 Å². The molecular weight excluding hydrogens is 158 g/mol. The lowest BCUT2D eigenvalue weighted by Gasteiger charge is -1.87. The van der Waals surface area contributed by atoms with E-state index in [0.717, 1.165) is 16.1 Å². The van der Waals surface area contributed by atoms with Crippen LogP contribution in [0.1, 0.15) is 20.8 Å². The van der Waals surface area contributed by atoms with E-state index in [1.165, 1.54) is 0 Å². The molecule has 1 nitrogen and oxygen atoms in total. The zero-order chi connectivity index (χ0) is 10.3. The van der Waals surface area contributed by atoms with Gasteiger partial charge in [0.2, 0.25) is 0 Å². The van der Waals surface area contributed by atoms with Crippen molar-refractivity contribution in [2.45, 2.75) is 20.8 Å². The van der Waals surface area contributed by atoms with Gasteiger partial charge < -0.3 is 0 Å². The Balaban J connectivity index is 0.000000671. The molecule has 0 saturated heterocycles. The van der Waals surface area contributed by atoms with Crippen molar-refractivity contribution in [2.24, 2.45) is 0 Å². The second-order valence-corrected chi connectivity index (χ2v) is 2.53. The van der Waals surface area contributed by atoms with Gasteiger partial charge in [-0.2, -0.15) is 0 Å². The van der Waals surface area contributed by atoms with Crippen LogP contribution in [0, 0.1) is 0 Å². The molecule has 1 heterocycles. The van der Waals surface area contributed by atoms with Gasteiger partial charge in [-0.15, -0.1) is 0 Å². The van der Waals surface area contributed by atoms with Crippen LogP contribution in [0.15, 0.2) is 30.5 Å². The Morgan fingerprint density at radius 3 is 2.54 bits per heavy atom. The summed E-state index contributed by atoms with van der Waals surface area (Å²) in [6.07, 6.45) is 3.70. The fourth-order valence-corrected chi connectivity index (χ4v) is 0.847. The molecule has 0 aromatic carbocycles. The highest BCUT2D eigenvalue weighted by Gasteiger charge is 1.80. The molecule has 0 amide bonds. The van der Waals surface area contributed by atoms with Crippen LogP contribution in [0.25, 0.3) is 12.7 Å². The first-order valence-corrected chi connectivity index (χ1v) is 4.47. The molecule has 0 aliphatic heterocycles. The summed E-state index contributed by atoms with van der Waals surface area (Å²) in [6, 6.07) is 3.87. The molecule has 0 radical (unpaired) electrons. The van der Waals surface area contributed by atoms with Crippen molar-refractivity contribution in [2.75, 3.05) is 0 Å². The third-order valence-electron chi connectivity index (χ3n) is 1.33. The Kier molecular flexibility index (Phi) is 5.53. The van der Waals surface area contributed by atoms with Crippen molar-refractivity contribution in [3.63, 3.8) is 0 Å². The third kappa shape index (κ3) is 4.26. The lowest BCUT2D eigenvalue weighted by atomic mass is 10.2. The monoisotopic (exact) mass is 175 g/mol. The quantitative estimate of drug-likeness (QED) is 0.635. The summed E-state index contributed by atoms with van der Waals surface area (Å²) in [6.45, 7) is 13.5. The fraction of sp³-hybridized carbons (Fsp3) is 0.250. The molecule has 0 N–H and O–H groups in total. The maximum Gasteiger partial charge on any atom is 0.0630 e. The lowest BCUT2D eigenvalue weighted by molar-refractivity contribution is 1.23. The van der Waals surface area contributed by atoms with Crippen LogP contribution in [-0.2, 0) is 0 Å². The molecule has 0 aliphatic carbocycles. The minimum Gasteiger partial charge on any atom is -0.257 e. The molecule has 0 spiro atoms. The van der Waals surface area contributed by atoms with Crippen LogP contribution in [0.4, 0.5) is 0 Å². The number of aromatic nitrogens is 1. The standard InChI is InChI=1S/C10H11N.C2H6/c1-8(2)7-10-5-4-6-11-9(10)3;1-2/h4-7H,1,3H2,2H3;1-2H3/b10-7-;. The Hall–Kier alpha value is -1.37. The summed E-state index contributed by atoms with van der Waals surface area (Å²) >= 11 is 0. The average molecular weight is 175 g/mol. The van der Waals surface area contributed by atoms with Crippen LogP contribution < -0.4 is 10.6 Å². The Labute approximate surface area is 80.1 Å². The van der Waals surface area contributed by atoms with E-state index in [4.69, 9.17) is 0 Å². The van der Waals surface area contributed by atoms with Crippen molar-refractivity contribution >= 4 is 12.7 Å². The SMILES string of the molecule is C=C(C)/C=c1/cccnc1=C.CC. The molecule has 0 aliphatic rings. The zero-order valence-corrected chi connectivity index (χ0v) is 8.67. The van der Waals surface area contributed by atoms with Crippen LogP contribution in [-0.4, -0.2) is 4.98 Å². The second-order valence-electron chi connectivity index (χ2n) is 2.53. The van der Waals surface area contributed by atoms with Crippen molar-refractivity contribution < 1.29 is 0 Å². The van der Waals surface area contributed by atoms with Gasteiger partial charge in [-0.3, -0.25) is 4.98 Å². The molecule has 1 rings (SSSR count). The molecule has 0 saturated carbocycles. The average Bonchev–Trinajstić information content (AvgIpc) is 2.12. The molecule has 0 atom stereocenters. The van der Waals surface area contributed by atoms with Gasteiger partial charge in [0.1, 0.15) is 0 Å². The first-order chi connectivity index (χ1) is 6.20. The van der Waals surface area contributed by atoms with E-state index >= 15 is 0 Å². The molecule has 70 valence electrons. The molecule has 0 unspecified atom stereocenters.